The maximum absolute atomic E-state index is 8.82. The van der Waals surface area contributed by atoms with Crippen LogP contribution < -0.4 is 4.74 Å². The molecule has 4 heteroatoms. The second-order valence-electron chi connectivity index (χ2n) is 4.30. The minimum Gasteiger partial charge on any atom is -0.489 e. The molecule has 0 atom stereocenters. The summed E-state index contributed by atoms with van der Waals surface area (Å²) in [6.45, 7) is 2.32. The lowest BCUT2D eigenvalue weighted by molar-refractivity contribution is 0.305. The number of ether oxygens (including phenoxy) is 1. The molecule has 0 amide bonds. The summed E-state index contributed by atoms with van der Waals surface area (Å²) in [4.78, 5) is 0. The van der Waals surface area contributed by atoms with Gasteiger partial charge in [0.1, 0.15) is 18.4 Å². The number of aryl methyl sites for hydroxylation is 1. The molecule has 0 spiro atoms. The van der Waals surface area contributed by atoms with Crippen LogP contribution >= 0.6 is 11.6 Å². The van der Waals surface area contributed by atoms with Gasteiger partial charge in [-0.2, -0.15) is 10.5 Å². The number of halogens is 1. The van der Waals surface area contributed by atoms with E-state index in [1.807, 2.05) is 25.1 Å². The predicted molar refractivity (Wildman–Crippen MR) is 76.4 cm³/mol. The molecule has 0 saturated carbocycles. The van der Waals surface area contributed by atoms with Crippen molar-refractivity contribution in [2.45, 2.75) is 13.5 Å². The van der Waals surface area contributed by atoms with E-state index >= 15 is 0 Å². The number of nitrogens with zero attached hydrogens (tertiary/aromatic N) is 2. The molecule has 2 aromatic rings. The standard InChI is InChI=1S/C16H11ClN2O/c1-11-6-12(8-18)2-3-14(11)10-20-15-5-4-13(9-19)16(17)7-15/h2-7H,10H2,1H3. The topological polar surface area (TPSA) is 56.8 Å². The average molecular weight is 283 g/mol. The van der Waals surface area contributed by atoms with Crippen LogP contribution in [0.25, 0.3) is 0 Å². The summed E-state index contributed by atoms with van der Waals surface area (Å²) in [5.74, 6) is 0.609. The molecular formula is C16H11ClN2O. The Kier molecular flexibility index (Phi) is 4.25. The Morgan fingerprint density at radius 1 is 1.10 bits per heavy atom. The van der Waals surface area contributed by atoms with Crippen LogP contribution in [0.2, 0.25) is 5.02 Å². The Morgan fingerprint density at radius 3 is 2.50 bits per heavy atom. The molecule has 0 aliphatic heterocycles. The second-order valence-corrected chi connectivity index (χ2v) is 4.70. The van der Waals surface area contributed by atoms with Crippen molar-refractivity contribution >= 4 is 11.6 Å². The molecule has 3 nitrogen and oxygen atoms in total. The smallest absolute Gasteiger partial charge is 0.121 e. The van der Waals surface area contributed by atoms with Crippen molar-refractivity contribution in [1.82, 2.24) is 0 Å². The van der Waals surface area contributed by atoms with Crippen molar-refractivity contribution in [1.29, 1.82) is 10.5 Å². The summed E-state index contributed by atoms with van der Waals surface area (Å²) in [5.41, 5.74) is 3.06. The molecule has 0 fully saturated rings. The molecule has 98 valence electrons. The van der Waals surface area contributed by atoms with E-state index in [-0.39, 0.29) is 0 Å². The molecule has 0 unspecified atom stereocenters. The molecule has 2 rings (SSSR count). The Bertz CT molecular complexity index is 726. The van der Waals surface area contributed by atoms with E-state index < -0.39 is 0 Å². The first-order valence-corrected chi connectivity index (χ1v) is 6.34. The summed E-state index contributed by atoms with van der Waals surface area (Å²) >= 11 is 5.94. The van der Waals surface area contributed by atoms with Gasteiger partial charge >= 0.3 is 0 Å². The molecule has 0 radical (unpaired) electrons. The van der Waals surface area contributed by atoms with Crippen molar-refractivity contribution in [3.8, 4) is 17.9 Å². The number of hydrogen-bond acceptors (Lipinski definition) is 3. The minimum absolute atomic E-state index is 0.376. The summed E-state index contributed by atoms with van der Waals surface area (Å²) in [7, 11) is 0. The lowest BCUT2D eigenvalue weighted by Crippen LogP contribution is -1.98. The zero-order valence-corrected chi connectivity index (χ0v) is 11.6. The highest BCUT2D eigenvalue weighted by atomic mass is 35.5. The van der Waals surface area contributed by atoms with Crippen molar-refractivity contribution in [2.24, 2.45) is 0 Å². The van der Waals surface area contributed by atoms with Crippen LogP contribution in [0, 0.1) is 29.6 Å². The summed E-state index contributed by atoms with van der Waals surface area (Å²) in [6.07, 6.45) is 0. The van der Waals surface area contributed by atoms with Crippen molar-refractivity contribution in [2.75, 3.05) is 0 Å². The normalized spacial score (nSPS) is 9.60. The van der Waals surface area contributed by atoms with Gasteiger partial charge in [0.15, 0.2) is 0 Å². The van der Waals surface area contributed by atoms with Crippen LogP contribution in [0.4, 0.5) is 0 Å². The summed E-state index contributed by atoms with van der Waals surface area (Å²) < 4.78 is 5.65. The van der Waals surface area contributed by atoms with E-state index in [4.69, 9.17) is 26.9 Å². The molecule has 2 aromatic carbocycles. The number of hydrogen-bond donors (Lipinski definition) is 0. The highest BCUT2D eigenvalue weighted by Gasteiger charge is 2.04. The van der Waals surface area contributed by atoms with E-state index in [9.17, 15) is 0 Å². The van der Waals surface area contributed by atoms with Crippen LogP contribution in [0.5, 0.6) is 5.75 Å². The Morgan fingerprint density at radius 2 is 1.90 bits per heavy atom. The molecule has 0 aliphatic rings. The summed E-state index contributed by atoms with van der Waals surface area (Å²) in [5, 5.41) is 18.0. The fourth-order valence-corrected chi connectivity index (χ4v) is 1.98. The number of nitriles is 2. The molecule has 0 N–H and O–H groups in total. The second kappa shape index (κ2) is 6.10. The predicted octanol–water partition coefficient (Wildman–Crippen LogP) is 3.97. The third-order valence-electron chi connectivity index (χ3n) is 2.93. The molecule has 0 aromatic heterocycles. The highest BCUT2D eigenvalue weighted by molar-refractivity contribution is 6.31. The average Bonchev–Trinajstić information content (AvgIpc) is 2.46. The van der Waals surface area contributed by atoms with Crippen molar-refractivity contribution in [3.63, 3.8) is 0 Å². The molecule has 0 heterocycles. The first-order valence-electron chi connectivity index (χ1n) is 5.96. The first-order chi connectivity index (χ1) is 9.63. The van der Waals surface area contributed by atoms with Crippen molar-refractivity contribution in [3.05, 3.63) is 63.7 Å². The number of rotatable bonds is 3. The third kappa shape index (κ3) is 3.09. The zero-order valence-electron chi connectivity index (χ0n) is 10.9. The fourth-order valence-electron chi connectivity index (χ4n) is 1.76. The molecule has 0 saturated heterocycles. The van der Waals surface area contributed by atoms with Gasteiger partial charge in [0.05, 0.1) is 22.2 Å². The maximum atomic E-state index is 8.82. The highest BCUT2D eigenvalue weighted by Crippen LogP contribution is 2.23. The van der Waals surface area contributed by atoms with Crippen LogP contribution in [-0.4, -0.2) is 0 Å². The molecule has 0 aliphatic carbocycles. The first kappa shape index (κ1) is 13.9. The van der Waals surface area contributed by atoms with Crippen LogP contribution in [0.3, 0.4) is 0 Å². The lowest BCUT2D eigenvalue weighted by Gasteiger charge is -2.09. The van der Waals surface area contributed by atoms with Gasteiger partial charge in [-0.25, -0.2) is 0 Å². The Labute approximate surface area is 122 Å². The van der Waals surface area contributed by atoms with Gasteiger partial charge in [-0.05, 0) is 42.3 Å². The monoisotopic (exact) mass is 282 g/mol. The Balaban J connectivity index is 2.11. The third-order valence-corrected chi connectivity index (χ3v) is 3.24. The fraction of sp³-hybridized carbons (Fsp3) is 0.125. The lowest BCUT2D eigenvalue weighted by atomic mass is 10.1. The zero-order chi connectivity index (χ0) is 14.5. The largest absolute Gasteiger partial charge is 0.489 e. The van der Waals surface area contributed by atoms with E-state index in [2.05, 4.69) is 6.07 Å². The van der Waals surface area contributed by atoms with Crippen LogP contribution in [0.15, 0.2) is 36.4 Å². The van der Waals surface area contributed by atoms with Gasteiger partial charge in [-0.3, -0.25) is 0 Å². The molecule has 0 bridgehead atoms. The van der Waals surface area contributed by atoms with Crippen molar-refractivity contribution < 1.29 is 4.74 Å². The number of benzene rings is 2. The van der Waals surface area contributed by atoms with Gasteiger partial charge in [0.25, 0.3) is 0 Å². The van der Waals surface area contributed by atoms with Gasteiger partial charge < -0.3 is 4.74 Å². The molecule has 20 heavy (non-hydrogen) atoms. The quantitative estimate of drug-likeness (QED) is 0.856. The van der Waals surface area contributed by atoms with Gasteiger partial charge in [-0.15, -0.1) is 0 Å². The van der Waals surface area contributed by atoms with Crippen LogP contribution in [-0.2, 0) is 6.61 Å². The minimum atomic E-state index is 0.376. The van der Waals surface area contributed by atoms with E-state index in [0.717, 1.165) is 11.1 Å². The Hall–Kier alpha value is -2.49. The van der Waals surface area contributed by atoms with Crippen LogP contribution in [0.1, 0.15) is 22.3 Å². The van der Waals surface area contributed by atoms with Gasteiger partial charge in [-0.1, -0.05) is 17.7 Å². The van der Waals surface area contributed by atoms with E-state index in [0.29, 0.717) is 28.5 Å². The van der Waals surface area contributed by atoms with Gasteiger partial charge in [0.2, 0.25) is 0 Å². The van der Waals surface area contributed by atoms with E-state index in [1.165, 1.54) is 0 Å². The summed E-state index contributed by atoms with van der Waals surface area (Å²) in [6, 6.07) is 14.5. The van der Waals surface area contributed by atoms with E-state index in [1.54, 1.807) is 24.3 Å². The SMILES string of the molecule is Cc1cc(C#N)ccc1COc1ccc(C#N)c(Cl)c1. The molecular weight excluding hydrogens is 272 g/mol. The maximum Gasteiger partial charge on any atom is 0.121 e. The van der Waals surface area contributed by atoms with Gasteiger partial charge in [0, 0.05) is 6.07 Å².